The van der Waals surface area contributed by atoms with Crippen LogP contribution < -0.4 is 25.0 Å². The molecule has 2 N–H and O–H groups in total. The maximum Gasteiger partial charge on any atom is 0.430 e. The van der Waals surface area contributed by atoms with Gasteiger partial charge in [-0.1, -0.05) is 23.9 Å². The van der Waals surface area contributed by atoms with Crippen molar-refractivity contribution in [1.29, 1.82) is 0 Å². The van der Waals surface area contributed by atoms with E-state index in [9.17, 15) is 42.2 Å². The Kier molecular flexibility index (Phi) is 9.69. The molecule has 0 bridgehead atoms. The molecule has 0 aliphatic carbocycles. The van der Waals surface area contributed by atoms with Gasteiger partial charge in [-0.25, -0.2) is 0 Å². The molecule has 0 unspecified atom stereocenters. The van der Waals surface area contributed by atoms with Crippen LogP contribution in [-0.4, -0.2) is 70.3 Å². The van der Waals surface area contributed by atoms with Gasteiger partial charge in [0.2, 0.25) is 5.78 Å². The number of ether oxygens (including phenoxy) is 2. The van der Waals surface area contributed by atoms with Crippen molar-refractivity contribution in [2.75, 3.05) is 32.5 Å². The largest absolute Gasteiger partial charge is 0.542 e. The Morgan fingerprint density at radius 3 is 2.07 bits per heavy atom. The third kappa shape index (κ3) is 8.57. The van der Waals surface area contributed by atoms with Gasteiger partial charge in [0, 0.05) is 30.8 Å². The van der Waals surface area contributed by atoms with Crippen molar-refractivity contribution in [3.8, 4) is 11.6 Å². The predicted octanol–water partition coefficient (Wildman–Crippen LogP) is 3.33. The molecule has 12 nitrogen and oxygen atoms in total. The summed E-state index contributed by atoms with van der Waals surface area (Å²) in [5.74, 6) is -5.30. The molecule has 2 aromatic heterocycles. The smallest absolute Gasteiger partial charge is 0.430 e. The first-order valence-corrected chi connectivity index (χ1v) is 14.2. The van der Waals surface area contributed by atoms with Gasteiger partial charge in [0.05, 0.1) is 13.7 Å². The van der Waals surface area contributed by atoms with Crippen LogP contribution in [0, 0.1) is 0 Å². The van der Waals surface area contributed by atoms with E-state index in [2.05, 4.69) is 10.2 Å². The molecule has 0 aliphatic heterocycles. The van der Waals surface area contributed by atoms with Crippen LogP contribution in [0.3, 0.4) is 0 Å². The highest BCUT2D eigenvalue weighted by Gasteiger charge is 2.65. The van der Waals surface area contributed by atoms with Gasteiger partial charge >= 0.3 is 28.0 Å². The summed E-state index contributed by atoms with van der Waals surface area (Å²) in [4.78, 5) is 34.2. The van der Waals surface area contributed by atoms with Crippen molar-refractivity contribution in [3.05, 3.63) is 35.4 Å². The first kappa shape index (κ1) is 35.8. The van der Waals surface area contributed by atoms with Gasteiger partial charge in [-0.2, -0.15) is 13.2 Å². The van der Waals surface area contributed by atoms with Crippen LogP contribution in [0.25, 0.3) is 5.65 Å². The Balaban J connectivity index is 0.000000860. The summed E-state index contributed by atoms with van der Waals surface area (Å²) in [5, 5.41) is 16.9. The summed E-state index contributed by atoms with van der Waals surface area (Å²) in [6.07, 6.45) is -5.19. The number of carboxylic acids is 1. The summed E-state index contributed by atoms with van der Waals surface area (Å²) in [6.45, 7) is 5.36. The van der Waals surface area contributed by atoms with Crippen molar-refractivity contribution in [1.82, 2.24) is 19.6 Å². The third-order valence-electron chi connectivity index (χ3n) is 5.57. The maximum absolute atomic E-state index is 13.5. The molecular formula is C23H26F8N6O6S. The topological polar surface area (TPSA) is 156 Å². The monoisotopic (exact) mass is 666 g/mol. The fraction of sp³-hybridized carbons (Fsp3) is 0.391. The van der Waals surface area contributed by atoms with E-state index in [4.69, 9.17) is 25.1 Å². The van der Waals surface area contributed by atoms with E-state index < -0.39 is 56.8 Å². The number of hydrogen-bond donors (Lipinski definition) is 1. The number of nitrogens with zero attached hydrogens (tertiary/aromatic N) is 5. The molecule has 21 heteroatoms. The highest BCUT2D eigenvalue weighted by Crippen LogP contribution is 3.02. The van der Waals surface area contributed by atoms with Crippen LogP contribution in [0.5, 0.6) is 11.6 Å². The summed E-state index contributed by atoms with van der Waals surface area (Å²) in [5.41, 5.74) is 5.21. The van der Waals surface area contributed by atoms with E-state index in [1.54, 1.807) is 20.8 Å². The first-order valence-electron chi connectivity index (χ1n) is 12.2. The summed E-state index contributed by atoms with van der Waals surface area (Å²) < 4.78 is 111. The van der Waals surface area contributed by atoms with Gasteiger partial charge in [0.25, 0.3) is 11.8 Å². The number of carboxylic acid groups (broad SMARTS) is 1. The van der Waals surface area contributed by atoms with E-state index in [0.29, 0.717) is 13.1 Å². The van der Waals surface area contributed by atoms with Crippen molar-refractivity contribution in [2.45, 2.75) is 38.4 Å². The number of anilines is 1. The molecule has 0 radical (unpaired) electrons. The molecule has 1 amide bonds. The van der Waals surface area contributed by atoms with Crippen LogP contribution in [0.15, 0.2) is 29.2 Å². The van der Waals surface area contributed by atoms with Gasteiger partial charge in [0.15, 0.2) is 6.54 Å². The number of nitrogen functional groups attached to an aromatic ring is 1. The zero-order valence-electron chi connectivity index (χ0n) is 23.3. The minimum Gasteiger partial charge on any atom is -0.542 e. The van der Waals surface area contributed by atoms with Crippen molar-refractivity contribution in [2.24, 2.45) is 0 Å². The van der Waals surface area contributed by atoms with E-state index in [1.165, 1.54) is 11.0 Å². The molecule has 3 aromatic rings. The number of hydrogen-bond acceptors (Lipinski definition) is 9. The second-order valence-corrected chi connectivity index (χ2v) is 11.0. The number of halogens is 8. The Labute approximate surface area is 243 Å². The van der Waals surface area contributed by atoms with Gasteiger partial charge in [0.1, 0.15) is 22.2 Å². The number of carbonyl (C=O) groups is 3. The van der Waals surface area contributed by atoms with Crippen molar-refractivity contribution >= 4 is 39.5 Å². The van der Waals surface area contributed by atoms with Gasteiger partial charge in [-0.05, 0) is 43.1 Å². The number of fused-ring (bicyclic) bond motifs is 1. The summed E-state index contributed by atoms with van der Waals surface area (Å²) >= 11 is 0. The molecule has 0 saturated heterocycles. The molecule has 0 saturated carbocycles. The fourth-order valence-electron chi connectivity index (χ4n) is 3.57. The van der Waals surface area contributed by atoms with E-state index in [0.717, 1.165) is 22.4 Å². The lowest BCUT2D eigenvalue weighted by atomic mass is 10.1. The number of aliphatic carboxylic acids is 1. The molecule has 1 aromatic carbocycles. The van der Waals surface area contributed by atoms with E-state index in [-0.39, 0.29) is 41.8 Å². The van der Waals surface area contributed by atoms with Gasteiger partial charge in [-0.15, -0.1) is 4.68 Å². The zero-order valence-corrected chi connectivity index (χ0v) is 24.1. The Bertz CT molecular complexity index is 1580. The maximum atomic E-state index is 13.5. The number of benzene rings is 1. The lowest BCUT2D eigenvalue weighted by Crippen LogP contribution is -2.42. The molecule has 0 fully saturated rings. The normalized spacial score (nSPS) is 13.3. The molecule has 0 atom stereocenters. The van der Waals surface area contributed by atoms with E-state index >= 15 is 0 Å². The molecule has 44 heavy (non-hydrogen) atoms. The number of aromatic nitrogens is 4. The van der Waals surface area contributed by atoms with Crippen LogP contribution >= 0.6 is 10.2 Å². The third-order valence-corrected chi connectivity index (χ3v) is 6.70. The molecule has 0 spiro atoms. The SMILES string of the molecule is CCOc1cc(C(=O)N(CC)CC)c2n(n1)c(N)n[n+]2CC(=O)c1cc(OC)cc(S(F)(F)(F)(F)F)c1.O=C([O-])C(F)(F)F. The Hall–Kier alpha value is -4.43. The van der Waals surface area contributed by atoms with Crippen molar-refractivity contribution in [3.63, 3.8) is 0 Å². The van der Waals surface area contributed by atoms with Crippen LogP contribution in [0.1, 0.15) is 41.5 Å². The van der Waals surface area contributed by atoms with Crippen LogP contribution in [-0.2, 0) is 11.3 Å². The molecule has 2 heterocycles. The highest BCUT2D eigenvalue weighted by molar-refractivity contribution is 8.45. The number of nitrogens with two attached hydrogens (primary N) is 1. The number of rotatable bonds is 10. The number of Topliss-reactive ketones (excluding diaryl/α,β-unsaturated/α-hetero) is 1. The second kappa shape index (κ2) is 11.9. The molecule has 246 valence electrons. The minimum atomic E-state index is -10.1. The summed E-state index contributed by atoms with van der Waals surface area (Å²) in [6, 6.07) is 2.40. The number of carbonyl (C=O) groups excluding carboxylic acids is 3. The number of methoxy groups -OCH3 is 1. The molecular weight excluding hydrogens is 640 g/mol. The highest BCUT2D eigenvalue weighted by atomic mass is 32.5. The first-order chi connectivity index (χ1) is 20.0. The average Bonchev–Trinajstić information content (AvgIpc) is 3.21. The number of alkyl halides is 3. The molecule has 0 aliphatic rings. The quantitative estimate of drug-likeness (QED) is 0.195. The lowest BCUT2D eigenvalue weighted by molar-refractivity contribution is -0.714. The lowest BCUT2D eigenvalue weighted by Gasteiger charge is -2.40. The standard InChI is InChI=1S/C21H26F5N6O4S.C2HF3O2/c1-5-30(6-2)20(34)16-11-18(36-7-3)28-32-19(16)31(29-21(32)27)12-17(33)13-8-14(35-4)10-15(9-13)37(22,23,24,25)26;3-2(4,5)1(6)7/h8-11H,5-7,12H2,1-4H3,(H2,27,29);(H,6,7)/q+1;/p-1. The Morgan fingerprint density at radius 1 is 1.05 bits per heavy atom. The van der Waals surface area contributed by atoms with Crippen LogP contribution in [0.4, 0.5) is 38.5 Å². The fourth-order valence-corrected chi connectivity index (χ4v) is 4.25. The zero-order chi connectivity index (χ0) is 33.9. The minimum absolute atomic E-state index is 0.0116. The number of ketones is 1. The van der Waals surface area contributed by atoms with Crippen LogP contribution in [0.2, 0.25) is 0 Å². The molecule has 3 rings (SSSR count). The summed E-state index contributed by atoms with van der Waals surface area (Å²) in [7, 11) is -9.15. The average molecular weight is 667 g/mol. The van der Waals surface area contributed by atoms with Gasteiger partial charge in [-0.3, -0.25) is 9.59 Å². The predicted molar refractivity (Wildman–Crippen MR) is 136 cm³/mol. The van der Waals surface area contributed by atoms with Gasteiger partial charge < -0.3 is 30.0 Å². The van der Waals surface area contributed by atoms with E-state index in [1.807, 2.05) is 0 Å². The second-order valence-electron chi connectivity index (χ2n) is 8.63. The Morgan fingerprint density at radius 2 is 1.61 bits per heavy atom. The van der Waals surface area contributed by atoms with Crippen molar-refractivity contribution < 1.29 is 66.2 Å². The number of amides is 1.